The molecule has 6 nitrogen and oxygen atoms in total. The average molecular weight is 270 g/mol. The minimum atomic E-state index is -1.06. The van der Waals surface area contributed by atoms with Crippen molar-refractivity contribution >= 4 is 11.9 Å². The Hall–Kier alpha value is -1.14. The molecule has 4 N–H and O–H groups in total. The van der Waals surface area contributed by atoms with Gasteiger partial charge in [-0.25, -0.2) is 4.79 Å². The zero-order valence-corrected chi connectivity index (χ0v) is 11.0. The summed E-state index contributed by atoms with van der Waals surface area (Å²) in [6.45, 7) is 0.103. The molecule has 1 saturated heterocycles. The molecule has 2 fully saturated rings. The molecule has 19 heavy (non-hydrogen) atoms. The highest BCUT2D eigenvalue weighted by molar-refractivity contribution is 5.85. The first-order valence-corrected chi connectivity index (χ1v) is 6.90. The molecule has 1 aliphatic carbocycles. The van der Waals surface area contributed by atoms with Gasteiger partial charge in [-0.1, -0.05) is 19.3 Å². The minimum absolute atomic E-state index is 0.103. The Labute approximate surface area is 112 Å². The number of likely N-dealkylation sites (tertiary alicyclic amines) is 1. The first-order chi connectivity index (χ1) is 8.91. The summed E-state index contributed by atoms with van der Waals surface area (Å²) in [5, 5.41) is 18.6. The Bertz CT molecular complexity index is 366. The number of amides is 1. The lowest BCUT2D eigenvalue weighted by atomic mass is 9.80. The number of aliphatic carboxylic acids is 1. The molecule has 0 aromatic heterocycles. The van der Waals surface area contributed by atoms with E-state index in [4.69, 9.17) is 10.8 Å². The van der Waals surface area contributed by atoms with Gasteiger partial charge in [-0.3, -0.25) is 4.79 Å². The summed E-state index contributed by atoms with van der Waals surface area (Å²) in [5.74, 6) is -1.30. The molecule has 1 amide bonds. The number of hydrogen-bond acceptors (Lipinski definition) is 4. The van der Waals surface area contributed by atoms with Crippen LogP contribution in [-0.4, -0.2) is 51.2 Å². The molecule has 0 aromatic carbocycles. The van der Waals surface area contributed by atoms with E-state index in [0.29, 0.717) is 0 Å². The first kappa shape index (κ1) is 14.3. The highest BCUT2D eigenvalue weighted by Gasteiger charge is 2.41. The fourth-order valence-corrected chi connectivity index (χ4v) is 3.16. The van der Waals surface area contributed by atoms with Gasteiger partial charge in [0.2, 0.25) is 5.91 Å². The molecule has 0 aromatic rings. The lowest BCUT2D eigenvalue weighted by Gasteiger charge is -2.34. The van der Waals surface area contributed by atoms with Crippen LogP contribution < -0.4 is 5.73 Å². The fourth-order valence-electron chi connectivity index (χ4n) is 3.16. The maximum absolute atomic E-state index is 12.3. The number of carboxylic acid groups (broad SMARTS) is 1. The second kappa shape index (κ2) is 5.46. The van der Waals surface area contributed by atoms with Crippen molar-refractivity contribution in [2.45, 2.75) is 62.6 Å². The summed E-state index contributed by atoms with van der Waals surface area (Å²) in [7, 11) is 0. The second-order valence-corrected chi connectivity index (χ2v) is 5.89. The van der Waals surface area contributed by atoms with Gasteiger partial charge in [-0.05, 0) is 12.8 Å². The lowest BCUT2D eigenvalue weighted by molar-refractivity contribution is -0.148. The Balaban J connectivity index is 2.00. The van der Waals surface area contributed by atoms with Gasteiger partial charge in [-0.15, -0.1) is 0 Å². The number of carbonyl (C=O) groups is 2. The molecule has 108 valence electrons. The number of nitrogens with zero attached hydrogens (tertiary/aromatic N) is 1. The Morgan fingerprint density at radius 1 is 1.26 bits per heavy atom. The van der Waals surface area contributed by atoms with E-state index in [-0.39, 0.29) is 25.3 Å². The molecule has 2 rings (SSSR count). The molecular formula is C13H22N2O4. The predicted molar refractivity (Wildman–Crippen MR) is 68.4 cm³/mol. The molecule has 1 saturated carbocycles. The third kappa shape index (κ3) is 3.25. The number of aliphatic hydroxyl groups excluding tert-OH is 1. The molecule has 0 spiro atoms. The third-order valence-electron chi connectivity index (χ3n) is 4.24. The van der Waals surface area contributed by atoms with Gasteiger partial charge in [0.05, 0.1) is 6.10 Å². The van der Waals surface area contributed by atoms with Gasteiger partial charge in [0.25, 0.3) is 0 Å². The van der Waals surface area contributed by atoms with Crippen LogP contribution in [0.1, 0.15) is 44.9 Å². The molecule has 1 heterocycles. The number of hydrogen-bond donors (Lipinski definition) is 3. The molecule has 2 atom stereocenters. The largest absolute Gasteiger partial charge is 0.480 e. The van der Waals surface area contributed by atoms with Crippen LogP contribution in [0.4, 0.5) is 0 Å². The third-order valence-corrected chi connectivity index (χ3v) is 4.24. The van der Waals surface area contributed by atoms with E-state index < -0.39 is 23.7 Å². The van der Waals surface area contributed by atoms with Crippen molar-refractivity contribution in [3.05, 3.63) is 0 Å². The van der Waals surface area contributed by atoms with Crippen molar-refractivity contribution in [2.75, 3.05) is 6.54 Å². The van der Waals surface area contributed by atoms with Crippen LogP contribution in [0.25, 0.3) is 0 Å². The molecule has 2 aliphatic rings. The van der Waals surface area contributed by atoms with Crippen LogP contribution >= 0.6 is 0 Å². The maximum atomic E-state index is 12.3. The van der Waals surface area contributed by atoms with Gasteiger partial charge < -0.3 is 20.8 Å². The van der Waals surface area contributed by atoms with Gasteiger partial charge in [0.15, 0.2) is 0 Å². The Morgan fingerprint density at radius 2 is 1.89 bits per heavy atom. The SMILES string of the molecule is NC1(CC(=O)N2CC(O)CC2C(=O)O)CCCCC1. The highest BCUT2D eigenvalue weighted by Crippen LogP contribution is 2.30. The lowest BCUT2D eigenvalue weighted by Crippen LogP contribution is -2.49. The maximum Gasteiger partial charge on any atom is 0.326 e. The van der Waals surface area contributed by atoms with Crippen LogP contribution in [0.3, 0.4) is 0 Å². The van der Waals surface area contributed by atoms with Crippen molar-refractivity contribution < 1.29 is 19.8 Å². The minimum Gasteiger partial charge on any atom is -0.480 e. The number of aliphatic hydroxyl groups is 1. The standard InChI is InChI=1S/C13H22N2O4/c14-13(4-2-1-3-5-13)7-11(17)15-8-9(16)6-10(15)12(18)19/h9-10,16H,1-8,14H2,(H,18,19). The number of carbonyl (C=O) groups excluding carboxylic acids is 1. The van der Waals surface area contributed by atoms with Crippen LogP contribution in [0.15, 0.2) is 0 Å². The predicted octanol–water partition coefficient (Wildman–Crippen LogP) is 0.0845. The number of nitrogens with two attached hydrogens (primary N) is 1. The van der Waals surface area contributed by atoms with E-state index in [1.807, 2.05) is 0 Å². The smallest absolute Gasteiger partial charge is 0.326 e. The van der Waals surface area contributed by atoms with Crippen molar-refractivity contribution in [2.24, 2.45) is 5.73 Å². The Kier molecular flexibility index (Phi) is 4.10. The summed E-state index contributed by atoms with van der Waals surface area (Å²) in [6.07, 6.45) is 4.36. The topological polar surface area (TPSA) is 104 Å². The number of carboxylic acids is 1. The summed E-state index contributed by atoms with van der Waals surface area (Å²) in [5.41, 5.74) is 5.73. The van der Waals surface area contributed by atoms with E-state index in [2.05, 4.69) is 0 Å². The van der Waals surface area contributed by atoms with Gasteiger partial charge in [0.1, 0.15) is 6.04 Å². The van der Waals surface area contributed by atoms with Crippen molar-refractivity contribution in [1.82, 2.24) is 4.90 Å². The second-order valence-electron chi connectivity index (χ2n) is 5.89. The fraction of sp³-hybridized carbons (Fsp3) is 0.846. The van der Waals surface area contributed by atoms with Gasteiger partial charge in [0, 0.05) is 24.9 Å². The zero-order chi connectivity index (χ0) is 14.0. The molecule has 0 bridgehead atoms. The number of β-amino-alcohol motifs (C(OH)–C–C–N with tert-alkyl or cyclic N) is 1. The van der Waals surface area contributed by atoms with Crippen molar-refractivity contribution in [3.63, 3.8) is 0 Å². The quantitative estimate of drug-likeness (QED) is 0.674. The molecule has 6 heteroatoms. The van der Waals surface area contributed by atoms with Crippen molar-refractivity contribution in [1.29, 1.82) is 0 Å². The van der Waals surface area contributed by atoms with Crippen molar-refractivity contribution in [3.8, 4) is 0 Å². The monoisotopic (exact) mass is 270 g/mol. The summed E-state index contributed by atoms with van der Waals surface area (Å²) >= 11 is 0. The van der Waals surface area contributed by atoms with Crippen LogP contribution in [0, 0.1) is 0 Å². The molecule has 2 unspecified atom stereocenters. The van der Waals surface area contributed by atoms with Crippen LogP contribution in [0.2, 0.25) is 0 Å². The first-order valence-electron chi connectivity index (χ1n) is 6.90. The highest BCUT2D eigenvalue weighted by atomic mass is 16.4. The van der Waals surface area contributed by atoms with E-state index in [0.717, 1.165) is 32.1 Å². The summed E-state index contributed by atoms with van der Waals surface area (Å²) in [6, 6.07) is -0.908. The Morgan fingerprint density at radius 3 is 2.47 bits per heavy atom. The molecule has 1 aliphatic heterocycles. The average Bonchev–Trinajstić information content (AvgIpc) is 2.72. The number of rotatable bonds is 3. The van der Waals surface area contributed by atoms with E-state index in [1.165, 1.54) is 4.90 Å². The van der Waals surface area contributed by atoms with Crippen LogP contribution in [-0.2, 0) is 9.59 Å². The van der Waals surface area contributed by atoms with Crippen LogP contribution in [0.5, 0.6) is 0 Å². The van der Waals surface area contributed by atoms with Gasteiger partial charge in [-0.2, -0.15) is 0 Å². The molecule has 0 radical (unpaired) electrons. The summed E-state index contributed by atoms with van der Waals surface area (Å²) < 4.78 is 0. The zero-order valence-electron chi connectivity index (χ0n) is 11.0. The van der Waals surface area contributed by atoms with Gasteiger partial charge >= 0.3 is 5.97 Å². The summed E-state index contributed by atoms with van der Waals surface area (Å²) in [4.78, 5) is 24.6. The molecular weight excluding hydrogens is 248 g/mol. The van der Waals surface area contributed by atoms with E-state index >= 15 is 0 Å². The normalized spacial score (nSPS) is 30.3. The van der Waals surface area contributed by atoms with E-state index in [9.17, 15) is 14.7 Å². The van der Waals surface area contributed by atoms with E-state index in [1.54, 1.807) is 0 Å².